The molecule has 0 radical (unpaired) electrons. The first-order chi connectivity index (χ1) is 9.53. The lowest BCUT2D eigenvalue weighted by Crippen LogP contribution is -2.02. The lowest BCUT2D eigenvalue weighted by molar-refractivity contribution is 0.218. The standard InChI is InChI=1S/C15H14BrFO3/c1-19-13-5-10(6-14(8-13)20-2)15(18)9-3-11(16)7-12(17)4-9/h3-8,15,18H,1-2H3. The van der Waals surface area contributed by atoms with Crippen LogP contribution < -0.4 is 9.47 Å². The highest BCUT2D eigenvalue weighted by Crippen LogP contribution is 2.31. The molecule has 5 heteroatoms. The summed E-state index contributed by atoms with van der Waals surface area (Å²) >= 11 is 3.21. The summed E-state index contributed by atoms with van der Waals surface area (Å²) in [4.78, 5) is 0. The van der Waals surface area contributed by atoms with Crippen LogP contribution in [-0.4, -0.2) is 19.3 Å². The molecular formula is C15H14BrFO3. The van der Waals surface area contributed by atoms with Gasteiger partial charge in [0.05, 0.1) is 14.2 Å². The fourth-order valence-corrected chi connectivity index (χ4v) is 2.40. The minimum absolute atomic E-state index is 0.414. The Morgan fingerprint density at radius 3 is 2.00 bits per heavy atom. The summed E-state index contributed by atoms with van der Waals surface area (Å²) in [6.07, 6.45) is -0.967. The molecule has 0 aliphatic heterocycles. The fraction of sp³-hybridized carbons (Fsp3) is 0.200. The van der Waals surface area contributed by atoms with Gasteiger partial charge in [0.1, 0.15) is 23.4 Å². The zero-order valence-electron chi connectivity index (χ0n) is 11.1. The average molecular weight is 341 g/mol. The van der Waals surface area contributed by atoms with Crippen molar-refractivity contribution in [1.29, 1.82) is 0 Å². The van der Waals surface area contributed by atoms with Crippen molar-refractivity contribution in [2.45, 2.75) is 6.10 Å². The SMILES string of the molecule is COc1cc(OC)cc(C(O)c2cc(F)cc(Br)c2)c1. The van der Waals surface area contributed by atoms with Crippen molar-refractivity contribution in [2.75, 3.05) is 14.2 Å². The predicted molar refractivity (Wildman–Crippen MR) is 77.7 cm³/mol. The second kappa shape index (κ2) is 6.24. The number of hydrogen-bond acceptors (Lipinski definition) is 3. The van der Waals surface area contributed by atoms with Gasteiger partial charge in [-0.05, 0) is 41.5 Å². The van der Waals surface area contributed by atoms with E-state index < -0.39 is 11.9 Å². The van der Waals surface area contributed by atoms with Gasteiger partial charge in [-0.1, -0.05) is 15.9 Å². The Kier molecular flexibility index (Phi) is 4.62. The molecule has 0 aliphatic rings. The molecule has 1 atom stereocenters. The first kappa shape index (κ1) is 14.8. The van der Waals surface area contributed by atoms with Gasteiger partial charge >= 0.3 is 0 Å². The van der Waals surface area contributed by atoms with Gasteiger partial charge in [-0.15, -0.1) is 0 Å². The molecule has 0 spiro atoms. The maximum atomic E-state index is 13.4. The van der Waals surface area contributed by atoms with E-state index in [4.69, 9.17) is 9.47 Å². The molecule has 0 heterocycles. The first-order valence-corrected chi connectivity index (χ1v) is 6.70. The van der Waals surface area contributed by atoms with Gasteiger partial charge in [0.25, 0.3) is 0 Å². The summed E-state index contributed by atoms with van der Waals surface area (Å²) in [6.45, 7) is 0. The van der Waals surface area contributed by atoms with Crippen LogP contribution in [0, 0.1) is 5.82 Å². The van der Waals surface area contributed by atoms with Crippen molar-refractivity contribution >= 4 is 15.9 Å². The van der Waals surface area contributed by atoms with Gasteiger partial charge in [0, 0.05) is 10.5 Å². The Balaban J connectivity index is 2.43. The fourth-order valence-electron chi connectivity index (χ4n) is 1.91. The van der Waals surface area contributed by atoms with Crippen molar-refractivity contribution < 1.29 is 19.0 Å². The molecule has 106 valence electrons. The quantitative estimate of drug-likeness (QED) is 0.922. The number of ether oxygens (including phenoxy) is 2. The first-order valence-electron chi connectivity index (χ1n) is 5.90. The number of methoxy groups -OCH3 is 2. The molecule has 0 aliphatic carbocycles. The summed E-state index contributed by atoms with van der Waals surface area (Å²) in [5, 5.41) is 10.4. The topological polar surface area (TPSA) is 38.7 Å². The molecule has 2 aromatic rings. The van der Waals surface area contributed by atoms with Crippen molar-refractivity contribution in [2.24, 2.45) is 0 Å². The molecule has 2 rings (SSSR count). The van der Waals surface area contributed by atoms with Crippen LogP contribution in [0.5, 0.6) is 11.5 Å². The lowest BCUT2D eigenvalue weighted by Gasteiger charge is -2.15. The van der Waals surface area contributed by atoms with Crippen LogP contribution >= 0.6 is 15.9 Å². The van der Waals surface area contributed by atoms with E-state index in [-0.39, 0.29) is 0 Å². The molecule has 1 N–H and O–H groups in total. The van der Waals surface area contributed by atoms with Crippen LogP contribution in [0.4, 0.5) is 4.39 Å². The van der Waals surface area contributed by atoms with Crippen molar-refractivity contribution in [3.05, 3.63) is 57.8 Å². The molecule has 2 aromatic carbocycles. The molecule has 0 amide bonds. The Labute approximate surface area is 125 Å². The van der Waals surface area contributed by atoms with E-state index in [2.05, 4.69) is 15.9 Å². The molecule has 3 nitrogen and oxygen atoms in total. The Bertz CT molecular complexity index is 574. The van der Waals surface area contributed by atoms with Crippen molar-refractivity contribution in [1.82, 2.24) is 0 Å². The van der Waals surface area contributed by atoms with E-state index in [1.165, 1.54) is 26.4 Å². The van der Waals surface area contributed by atoms with Gasteiger partial charge in [-0.2, -0.15) is 0 Å². The maximum absolute atomic E-state index is 13.4. The molecule has 1 unspecified atom stereocenters. The van der Waals surface area contributed by atoms with Crippen molar-refractivity contribution in [3.8, 4) is 11.5 Å². The Hall–Kier alpha value is -1.59. The normalized spacial score (nSPS) is 12.1. The van der Waals surface area contributed by atoms with Gasteiger partial charge in [-0.25, -0.2) is 4.39 Å². The van der Waals surface area contributed by atoms with Gasteiger partial charge in [0.15, 0.2) is 0 Å². The third-order valence-electron chi connectivity index (χ3n) is 2.89. The Morgan fingerprint density at radius 1 is 0.950 bits per heavy atom. The highest BCUT2D eigenvalue weighted by molar-refractivity contribution is 9.10. The summed E-state index contributed by atoms with van der Waals surface area (Å²) < 4.78 is 24.3. The third-order valence-corrected chi connectivity index (χ3v) is 3.35. The van der Waals surface area contributed by atoms with E-state index in [1.807, 2.05) is 0 Å². The van der Waals surface area contributed by atoms with E-state index in [9.17, 15) is 9.50 Å². The summed E-state index contributed by atoms with van der Waals surface area (Å²) in [5.41, 5.74) is 1.02. The minimum Gasteiger partial charge on any atom is -0.497 e. The maximum Gasteiger partial charge on any atom is 0.124 e. The zero-order chi connectivity index (χ0) is 14.7. The second-order valence-corrected chi connectivity index (χ2v) is 5.17. The van der Waals surface area contributed by atoms with Crippen LogP contribution in [-0.2, 0) is 0 Å². The van der Waals surface area contributed by atoms with Gasteiger partial charge < -0.3 is 14.6 Å². The van der Waals surface area contributed by atoms with E-state index in [0.717, 1.165) is 0 Å². The minimum atomic E-state index is -0.967. The predicted octanol–water partition coefficient (Wildman–Crippen LogP) is 3.69. The van der Waals surface area contributed by atoms with E-state index >= 15 is 0 Å². The molecular weight excluding hydrogens is 327 g/mol. The molecule has 0 bridgehead atoms. The number of benzene rings is 2. The van der Waals surface area contributed by atoms with Gasteiger partial charge in [0.2, 0.25) is 0 Å². The van der Waals surface area contributed by atoms with E-state index in [0.29, 0.717) is 27.1 Å². The molecule has 0 aromatic heterocycles. The monoisotopic (exact) mass is 340 g/mol. The highest BCUT2D eigenvalue weighted by atomic mass is 79.9. The Morgan fingerprint density at radius 2 is 1.50 bits per heavy atom. The highest BCUT2D eigenvalue weighted by Gasteiger charge is 2.14. The summed E-state index contributed by atoms with van der Waals surface area (Å²) in [7, 11) is 3.06. The lowest BCUT2D eigenvalue weighted by atomic mass is 10.0. The summed E-state index contributed by atoms with van der Waals surface area (Å²) in [5.74, 6) is 0.714. The molecule has 0 saturated carbocycles. The van der Waals surface area contributed by atoms with Crippen LogP contribution in [0.15, 0.2) is 40.9 Å². The third kappa shape index (κ3) is 3.29. The smallest absolute Gasteiger partial charge is 0.124 e. The number of hydrogen-bond donors (Lipinski definition) is 1. The zero-order valence-corrected chi connectivity index (χ0v) is 12.6. The van der Waals surface area contributed by atoms with Crippen molar-refractivity contribution in [3.63, 3.8) is 0 Å². The van der Waals surface area contributed by atoms with E-state index in [1.54, 1.807) is 24.3 Å². The van der Waals surface area contributed by atoms with Crippen LogP contribution in [0.2, 0.25) is 0 Å². The number of halogens is 2. The second-order valence-electron chi connectivity index (χ2n) is 4.25. The van der Waals surface area contributed by atoms with Crippen LogP contribution in [0.3, 0.4) is 0 Å². The van der Waals surface area contributed by atoms with Crippen LogP contribution in [0.1, 0.15) is 17.2 Å². The largest absolute Gasteiger partial charge is 0.497 e. The molecule has 0 saturated heterocycles. The molecule has 20 heavy (non-hydrogen) atoms. The number of aliphatic hydroxyl groups excluding tert-OH is 1. The van der Waals surface area contributed by atoms with Gasteiger partial charge in [-0.3, -0.25) is 0 Å². The summed E-state index contributed by atoms with van der Waals surface area (Å²) in [6, 6.07) is 9.37. The van der Waals surface area contributed by atoms with Crippen LogP contribution in [0.25, 0.3) is 0 Å². The molecule has 0 fully saturated rings. The number of rotatable bonds is 4. The average Bonchev–Trinajstić information content (AvgIpc) is 2.44. The number of aliphatic hydroxyl groups is 1.